The number of aromatic nitrogens is 2. The Morgan fingerprint density at radius 1 is 1.33 bits per heavy atom. The van der Waals surface area contributed by atoms with Crippen molar-refractivity contribution in [3.8, 4) is 6.07 Å². The predicted octanol–water partition coefficient (Wildman–Crippen LogP) is 1.27. The average molecular weight is 249 g/mol. The fraction of sp³-hybridized carbons (Fsp3) is 0.615. The maximum Gasteiger partial charge on any atom is 0.330 e. The second-order valence-corrected chi connectivity index (χ2v) is 5.15. The maximum absolute atomic E-state index is 11.7. The molecule has 0 aromatic carbocycles. The predicted molar refractivity (Wildman–Crippen MR) is 69.2 cm³/mol. The number of hydrogen-bond donors (Lipinski definition) is 0. The molecular formula is C13H19N3O2. The second-order valence-electron chi connectivity index (χ2n) is 5.15. The van der Waals surface area contributed by atoms with E-state index in [1.54, 1.807) is 7.05 Å². The third-order valence-corrected chi connectivity index (χ3v) is 2.98. The van der Waals surface area contributed by atoms with Crippen molar-refractivity contribution >= 4 is 0 Å². The minimum atomic E-state index is -0.341. The topological polar surface area (TPSA) is 67.8 Å². The van der Waals surface area contributed by atoms with E-state index < -0.39 is 0 Å². The van der Waals surface area contributed by atoms with Crippen LogP contribution in [0.1, 0.15) is 33.1 Å². The molecule has 1 aromatic heterocycles. The van der Waals surface area contributed by atoms with Crippen LogP contribution in [0.5, 0.6) is 0 Å². The van der Waals surface area contributed by atoms with Crippen LogP contribution in [-0.4, -0.2) is 9.13 Å². The molecule has 0 bridgehead atoms. The van der Waals surface area contributed by atoms with Crippen molar-refractivity contribution in [3.63, 3.8) is 0 Å². The van der Waals surface area contributed by atoms with Gasteiger partial charge in [0, 0.05) is 25.9 Å². The molecule has 5 heteroatoms. The summed E-state index contributed by atoms with van der Waals surface area (Å²) in [6, 6.07) is 3.63. The Morgan fingerprint density at radius 3 is 2.61 bits per heavy atom. The summed E-state index contributed by atoms with van der Waals surface area (Å²) >= 11 is 0. The number of nitrogens with zero attached hydrogens (tertiary/aromatic N) is 3. The van der Waals surface area contributed by atoms with Crippen molar-refractivity contribution in [1.82, 2.24) is 9.13 Å². The van der Waals surface area contributed by atoms with Crippen molar-refractivity contribution in [1.29, 1.82) is 5.26 Å². The highest BCUT2D eigenvalue weighted by Crippen LogP contribution is 2.21. The van der Waals surface area contributed by atoms with Gasteiger partial charge in [-0.15, -0.1) is 0 Å². The highest BCUT2D eigenvalue weighted by molar-refractivity contribution is 4.91. The zero-order valence-electron chi connectivity index (χ0n) is 11.1. The largest absolute Gasteiger partial charge is 0.330 e. The lowest BCUT2D eigenvalue weighted by atomic mass is 9.89. The van der Waals surface area contributed by atoms with Gasteiger partial charge in [0.1, 0.15) is 0 Å². The molecule has 0 saturated heterocycles. The summed E-state index contributed by atoms with van der Waals surface area (Å²) in [6.45, 7) is 4.19. The Balaban J connectivity index is 2.61. The molecule has 0 aliphatic heterocycles. The highest BCUT2D eigenvalue weighted by atomic mass is 16.2. The third-order valence-electron chi connectivity index (χ3n) is 2.98. The molecule has 0 aliphatic rings. The lowest BCUT2D eigenvalue weighted by Crippen LogP contribution is -2.37. The minimum absolute atomic E-state index is 0.266. The molecule has 0 atom stereocenters. The summed E-state index contributed by atoms with van der Waals surface area (Å²) in [7, 11) is 1.62. The number of rotatable bonds is 5. The summed E-state index contributed by atoms with van der Waals surface area (Å²) in [4.78, 5) is 23.2. The van der Waals surface area contributed by atoms with Gasteiger partial charge < -0.3 is 4.57 Å². The molecule has 0 amide bonds. The molecule has 0 N–H and O–H groups in total. The van der Waals surface area contributed by atoms with Gasteiger partial charge in [0.05, 0.1) is 11.5 Å². The summed E-state index contributed by atoms with van der Waals surface area (Å²) < 4.78 is 2.62. The van der Waals surface area contributed by atoms with Crippen molar-refractivity contribution in [2.24, 2.45) is 12.5 Å². The number of nitriles is 1. The normalized spacial score (nSPS) is 11.2. The van der Waals surface area contributed by atoms with Crippen LogP contribution in [0.25, 0.3) is 0 Å². The smallest absolute Gasteiger partial charge is 0.303 e. The Morgan fingerprint density at radius 2 is 2.00 bits per heavy atom. The third kappa shape index (κ3) is 3.59. The van der Waals surface area contributed by atoms with Crippen LogP contribution in [0.3, 0.4) is 0 Å². The SMILES string of the molecule is Cn1ccc(=O)n(CCCCC(C)(C)C#N)c1=O. The Labute approximate surface area is 106 Å². The van der Waals surface area contributed by atoms with Gasteiger partial charge in [-0.2, -0.15) is 5.26 Å². The van der Waals surface area contributed by atoms with Crippen molar-refractivity contribution < 1.29 is 0 Å². The van der Waals surface area contributed by atoms with Crippen LogP contribution >= 0.6 is 0 Å². The van der Waals surface area contributed by atoms with Gasteiger partial charge in [-0.25, -0.2) is 4.79 Å². The van der Waals surface area contributed by atoms with E-state index in [0.29, 0.717) is 6.54 Å². The van der Waals surface area contributed by atoms with Crippen LogP contribution in [-0.2, 0) is 13.6 Å². The molecule has 98 valence electrons. The van der Waals surface area contributed by atoms with Crippen LogP contribution < -0.4 is 11.2 Å². The van der Waals surface area contributed by atoms with Crippen LogP contribution in [0.2, 0.25) is 0 Å². The molecule has 1 heterocycles. The highest BCUT2D eigenvalue weighted by Gasteiger charge is 2.15. The molecule has 0 aliphatic carbocycles. The van der Waals surface area contributed by atoms with Crippen molar-refractivity contribution in [2.45, 2.75) is 39.7 Å². The molecule has 0 fully saturated rings. The quantitative estimate of drug-likeness (QED) is 0.738. The molecule has 0 spiro atoms. The molecule has 1 rings (SSSR count). The second kappa shape index (κ2) is 5.67. The first-order valence-corrected chi connectivity index (χ1v) is 6.05. The van der Waals surface area contributed by atoms with Gasteiger partial charge in [-0.1, -0.05) is 6.42 Å². The van der Waals surface area contributed by atoms with Crippen molar-refractivity contribution in [2.75, 3.05) is 0 Å². The Kier molecular flexibility index (Phi) is 4.49. The summed E-state index contributed by atoms with van der Waals surface area (Å²) in [5.74, 6) is 0. The Hall–Kier alpha value is -1.83. The first-order chi connectivity index (χ1) is 8.37. The Bertz CT molecular complexity index is 561. The van der Waals surface area contributed by atoms with Gasteiger partial charge in [-0.3, -0.25) is 9.36 Å². The van der Waals surface area contributed by atoms with Crippen LogP contribution in [0.4, 0.5) is 0 Å². The van der Waals surface area contributed by atoms with Crippen LogP contribution in [0, 0.1) is 16.7 Å². The number of hydrogen-bond acceptors (Lipinski definition) is 3. The lowest BCUT2D eigenvalue weighted by Gasteiger charge is -2.14. The van der Waals surface area contributed by atoms with E-state index in [1.165, 1.54) is 21.4 Å². The summed E-state index contributed by atoms with van der Waals surface area (Å²) in [5, 5.41) is 8.88. The molecule has 5 nitrogen and oxygen atoms in total. The number of aryl methyl sites for hydroxylation is 1. The van der Waals surface area contributed by atoms with E-state index in [1.807, 2.05) is 13.8 Å². The standard InChI is InChI=1S/C13H19N3O2/c1-13(2,10-14)7-4-5-8-16-11(17)6-9-15(3)12(16)18/h6,9H,4-5,7-8H2,1-3H3. The first-order valence-electron chi connectivity index (χ1n) is 6.05. The monoisotopic (exact) mass is 249 g/mol. The van der Waals surface area contributed by atoms with Crippen molar-refractivity contribution in [3.05, 3.63) is 33.1 Å². The fourth-order valence-corrected chi connectivity index (χ4v) is 1.71. The van der Waals surface area contributed by atoms with E-state index in [9.17, 15) is 9.59 Å². The van der Waals surface area contributed by atoms with Gasteiger partial charge >= 0.3 is 5.69 Å². The van der Waals surface area contributed by atoms with Gasteiger partial charge in [-0.05, 0) is 26.7 Å². The van der Waals surface area contributed by atoms with E-state index >= 15 is 0 Å². The average Bonchev–Trinajstić information content (AvgIpc) is 2.33. The molecule has 1 aromatic rings. The van der Waals surface area contributed by atoms with E-state index in [0.717, 1.165) is 19.3 Å². The molecule has 0 saturated carbocycles. The van der Waals surface area contributed by atoms with E-state index in [2.05, 4.69) is 6.07 Å². The van der Waals surface area contributed by atoms with Crippen LogP contribution in [0.15, 0.2) is 21.9 Å². The molecule has 18 heavy (non-hydrogen) atoms. The van der Waals surface area contributed by atoms with Gasteiger partial charge in [0.15, 0.2) is 0 Å². The fourth-order valence-electron chi connectivity index (χ4n) is 1.71. The maximum atomic E-state index is 11.7. The van der Waals surface area contributed by atoms with E-state index in [-0.39, 0.29) is 16.7 Å². The zero-order valence-corrected chi connectivity index (χ0v) is 11.1. The number of unbranched alkanes of at least 4 members (excludes halogenated alkanes) is 1. The van der Waals surface area contributed by atoms with Gasteiger partial charge in [0.2, 0.25) is 0 Å². The molecule has 0 radical (unpaired) electrons. The van der Waals surface area contributed by atoms with Gasteiger partial charge in [0.25, 0.3) is 5.56 Å². The molecule has 0 unspecified atom stereocenters. The summed E-state index contributed by atoms with van der Waals surface area (Å²) in [5.41, 5.74) is -0.897. The zero-order chi connectivity index (χ0) is 13.8. The van der Waals surface area contributed by atoms with E-state index in [4.69, 9.17) is 5.26 Å². The minimum Gasteiger partial charge on any atom is -0.303 e. The summed E-state index contributed by atoms with van der Waals surface area (Å²) in [6.07, 6.45) is 3.79. The lowest BCUT2D eigenvalue weighted by molar-refractivity contribution is 0.412. The molecular weight excluding hydrogens is 230 g/mol. The first kappa shape index (κ1) is 14.2.